The van der Waals surface area contributed by atoms with E-state index in [1.165, 1.54) is 0 Å². The van der Waals surface area contributed by atoms with E-state index in [2.05, 4.69) is 4.84 Å². The fourth-order valence-corrected chi connectivity index (χ4v) is 0.898. The molecule has 7 heteroatoms. The lowest BCUT2D eigenvalue weighted by molar-refractivity contribution is -0.173. The number of hydroxylamine groups is 1. The zero-order chi connectivity index (χ0) is 15.3. The zero-order valence-electron chi connectivity index (χ0n) is 12.2. The fraction of sp³-hybridized carbons (Fsp3) is 0.750. The molecule has 0 aliphatic carbocycles. The van der Waals surface area contributed by atoms with Crippen molar-refractivity contribution in [3.63, 3.8) is 0 Å². The van der Waals surface area contributed by atoms with Gasteiger partial charge in [-0.05, 0) is 41.5 Å². The Balaban J connectivity index is 3.99. The van der Waals surface area contributed by atoms with Gasteiger partial charge in [0.1, 0.15) is 11.2 Å². The molecule has 0 saturated heterocycles. The summed E-state index contributed by atoms with van der Waals surface area (Å²) in [4.78, 5) is 38.2. The summed E-state index contributed by atoms with van der Waals surface area (Å²) in [7, 11) is 0. The highest BCUT2D eigenvalue weighted by Crippen LogP contribution is 2.07. The van der Waals surface area contributed by atoms with Crippen LogP contribution in [0.1, 0.15) is 41.5 Å². The lowest BCUT2D eigenvalue weighted by atomic mass is 10.2. The summed E-state index contributed by atoms with van der Waals surface area (Å²) in [6, 6.07) is 0. The highest BCUT2D eigenvalue weighted by atomic mass is 16.7. The number of ether oxygens (including phenoxy) is 2. The molecule has 0 heterocycles. The number of hydrogen-bond donors (Lipinski definition) is 1. The lowest BCUT2D eigenvalue weighted by Gasteiger charge is -2.20. The second-order valence-electron chi connectivity index (χ2n) is 5.81. The van der Waals surface area contributed by atoms with Crippen LogP contribution in [0.2, 0.25) is 0 Å². The highest BCUT2D eigenvalue weighted by molar-refractivity contribution is 6.32. The van der Waals surface area contributed by atoms with Crippen LogP contribution in [0, 0.1) is 0 Å². The Kier molecular flexibility index (Phi) is 5.95. The lowest BCUT2D eigenvalue weighted by Crippen LogP contribution is -2.38. The number of hydrogen-bond acceptors (Lipinski definition) is 6. The first-order valence-corrected chi connectivity index (χ1v) is 5.78. The minimum Gasteiger partial charge on any atom is -0.458 e. The van der Waals surface area contributed by atoms with Gasteiger partial charge in [-0.1, -0.05) is 0 Å². The molecule has 0 aromatic heterocycles. The van der Waals surface area contributed by atoms with Crippen molar-refractivity contribution in [1.29, 1.82) is 0 Å². The van der Waals surface area contributed by atoms with Crippen LogP contribution < -0.4 is 5.48 Å². The SMILES string of the molecule is CC(C)(C)OC(=O)CONC(=O)C(=O)OC(C)(C)C. The number of esters is 2. The van der Waals surface area contributed by atoms with Crippen molar-refractivity contribution in [3.8, 4) is 0 Å². The molecular formula is C12H21NO6. The molecule has 1 amide bonds. The topological polar surface area (TPSA) is 90.9 Å². The molecule has 0 aliphatic rings. The van der Waals surface area contributed by atoms with E-state index in [-0.39, 0.29) is 0 Å². The molecule has 110 valence electrons. The van der Waals surface area contributed by atoms with Crippen LogP contribution in [0.4, 0.5) is 0 Å². The summed E-state index contributed by atoms with van der Waals surface area (Å²) in [5.74, 6) is -2.83. The molecule has 0 aromatic rings. The molecule has 0 fully saturated rings. The van der Waals surface area contributed by atoms with E-state index in [0.29, 0.717) is 0 Å². The Morgan fingerprint density at radius 3 is 1.79 bits per heavy atom. The van der Waals surface area contributed by atoms with E-state index >= 15 is 0 Å². The van der Waals surface area contributed by atoms with Crippen molar-refractivity contribution in [3.05, 3.63) is 0 Å². The Labute approximate surface area is 112 Å². The predicted octanol–water partition coefficient (Wildman–Crippen LogP) is 0.718. The van der Waals surface area contributed by atoms with E-state index in [1.54, 1.807) is 41.5 Å². The number of amides is 1. The summed E-state index contributed by atoms with van der Waals surface area (Å²) < 4.78 is 9.72. The minimum atomic E-state index is -1.09. The summed E-state index contributed by atoms with van der Waals surface area (Å²) in [5, 5.41) is 0. The number of carbonyl (C=O) groups excluding carboxylic acids is 3. The van der Waals surface area contributed by atoms with E-state index in [9.17, 15) is 14.4 Å². The maximum Gasteiger partial charge on any atom is 0.399 e. The maximum absolute atomic E-state index is 11.2. The largest absolute Gasteiger partial charge is 0.458 e. The summed E-state index contributed by atoms with van der Waals surface area (Å²) >= 11 is 0. The van der Waals surface area contributed by atoms with Crippen LogP contribution in [0.3, 0.4) is 0 Å². The predicted molar refractivity (Wildman–Crippen MR) is 65.8 cm³/mol. The number of carbonyl (C=O) groups is 3. The summed E-state index contributed by atoms with van der Waals surface area (Å²) in [5.41, 5.74) is 0.386. The molecule has 0 saturated carbocycles. The standard InChI is InChI=1S/C12H21NO6/c1-11(2,3)18-8(14)7-17-13-9(15)10(16)19-12(4,5)6/h7H2,1-6H3,(H,13,15). The zero-order valence-corrected chi connectivity index (χ0v) is 12.2. The molecule has 0 unspecified atom stereocenters. The van der Waals surface area contributed by atoms with Crippen LogP contribution in [-0.2, 0) is 28.7 Å². The van der Waals surface area contributed by atoms with Gasteiger partial charge < -0.3 is 9.47 Å². The molecule has 0 rings (SSSR count). The van der Waals surface area contributed by atoms with Gasteiger partial charge >= 0.3 is 17.8 Å². The van der Waals surface area contributed by atoms with Gasteiger partial charge in [0.2, 0.25) is 0 Å². The van der Waals surface area contributed by atoms with Gasteiger partial charge in [-0.2, -0.15) is 0 Å². The third-order valence-electron chi connectivity index (χ3n) is 1.36. The maximum atomic E-state index is 11.2. The van der Waals surface area contributed by atoms with Crippen LogP contribution in [0.5, 0.6) is 0 Å². The van der Waals surface area contributed by atoms with Gasteiger partial charge in [0.25, 0.3) is 0 Å². The van der Waals surface area contributed by atoms with E-state index < -0.39 is 35.7 Å². The van der Waals surface area contributed by atoms with Crippen LogP contribution in [0.15, 0.2) is 0 Å². The average Bonchev–Trinajstić information content (AvgIpc) is 2.11. The minimum absolute atomic E-state index is 0.494. The first-order chi connectivity index (χ1) is 8.41. The quantitative estimate of drug-likeness (QED) is 0.463. The first kappa shape index (κ1) is 17.4. The molecule has 0 radical (unpaired) electrons. The van der Waals surface area contributed by atoms with Gasteiger partial charge in [0.05, 0.1) is 0 Å². The normalized spacial score (nSPS) is 11.7. The summed E-state index contributed by atoms with van der Waals surface area (Å²) in [6.45, 7) is 9.48. The van der Waals surface area contributed by atoms with Gasteiger partial charge in [0.15, 0.2) is 6.61 Å². The molecule has 1 N–H and O–H groups in total. The Morgan fingerprint density at radius 2 is 1.37 bits per heavy atom. The monoisotopic (exact) mass is 275 g/mol. The Hall–Kier alpha value is -1.63. The first-order valence-electron chi connectivity index (χ1n) is 5.78. The molecule has 19 heavy (non-hydrogen) atoms. The van der Waals surface area contributed by atoms with Gasteiger partial charge in [-0.15, -0.1) is 0 Å². The third-order valence-corrected chi connectivity index (χ3v) is 1.36. The highest BCUT2D eigenvalue weighted by Gasteiger charge is 2.23. The smallest absolute Gasteiger partial charge is 0.399 e. The number of rotatable bonds is 3. The van der Waals surface area contributed by atoms with Crippen molar-refractivity contribution in [2.75, 3.05) is 6.61 Å². The van der Waals surface area contributed by atoms with Crippen molar-refractivity contribution < 1.29 is 28.7 Å². The average molecular weight is 275 g/mol. The summed E-state index contributed by atoms with van der Waals surface area (Å²) in [6.07, 6.45) is 0. The van der Waals surface area contributed by atoms with Crippen LogP contribution in [0.25, 0.3) is 0 Å². The van der Waals surface area contributed by atoms with Gasteiger partial charge in [0, 0.05) is 0 Å². The van der Waals surface area contributed by atoms with E-state index in [4.69, 9.17) is 9.47 Å². The van der Waals surface area contributed by atoms with Crippen LogP contribution in [-0.4, -0.2) is 35.7 Å². The van der Waals surface area contributed by atoms with E-state index in [0.717, 1.165) is 0 Å². The van der Waals surface area contributed by atoms with E-state index in [1.807, 2.05) is 5.48 Å². The second-order valence-corrected chi connectivity index (χ2v) is 5.81. The Bertz CT molecular complexity index is 350. The van der Waals surface area contributed by atoms with Crippen molar-refractivity contribution in [2.24, 2.45) is 0 Å². The molecule has 0 aromatic carbocycles. The molecule has 7 nitrogen and oxygen atoms in total. The third kappa shape index (κ3) is 10.0. The van der Waals surface area contributed by atoms with Crippen LogP contribution >= 0.6 is 0 Å². The van der Waals surface area contributed by atoms with Gasteiger partial charge in [-0.25, -0.2) is 15.1 Å². The van der Waals surface area contributed by atoms with Crippen molar-refractivity contribution in [1.82, 2.24) is 5.48 Å². The van der Waals surface area contributed by atoms with Gasteiger partial charge in [-0.3, -0.25) is 9.63 Å². The Morgan fingerprint density at radius 1 is 0.895 bits per heavy atom. The molecule has 0 atom stereocenters. The molecule has 0 aliphatic heterocycles. The fourth-order valence-electron chi connectivity index (χ4n) is 0.898. The molecule has 0 bridgehead atoms. The number of nitrogens with one attached hydrogen (secondary N) is 1. The molecular weight excluding hydrogens is 254 g/mol. The van der Waals surface area contributed by atoms with Crippen molar-refractivity contribution >= 4 is 17.8 Å². The second kappa shape index (κ2) is 6.51. The van der Waals surface area contributed by atoms with Crippen molar-refractivity contribution in [2.45, 2.75) is 52.7 Å². The molecule has 0 spiro atoms.